The van der Waals surface area contributed by atoms with E-state index in [0.29, 0.717) is 26.5 Å². The van der Waals surface area contributed by atoms with Crippen molar-refractivity contribution in [2.45, 2.75) is 20.4 Å². The number of carbonyl (C=O) groups is 1. The number of fused-ring (bicyclic) bond motifs is 1. The zero-order valence-electron chi connectivity index (χ0n) is 19.6. The first-order chi connectivity index (χ1) is 16.9. The quantitative estimate of drug-likeness (QED) is 0.304. The molecule has 0 unspecified atom stereocenters. The van der Waals surface area contributed by atoms with Crippen LogP contribution in [0.3, 0.4) is 0 Å². The van der Waals surface area contributed by atoms with E-state index < -0.39 is 0 Å². The fourth-order valence-corrected chi connectivity index (χ4v) is 5.29. The van der Waals surface area contributed by atoms with Gasteiger partial charge in [0.2, 0.25) is 0 Å². The molecule has 0 aliphatic carbocycles. The summed E-state index contributed by atoms with van der Waals surface area (Å²) in [4.78, 5) is 18.0. The first-order valence-electron chi connectivity index (χ1n) is 11.2. The number of aliphatic imine (C=N–C) groups is 1. The molecule has 1 aliphatic rings. The number of benzene rings is 3. The van der Waals surface area contributed by atoms with Crippen LogP contribution >= 0.6 is 23.4 Å². The molecule has 1 amide bonds. The number of carbonyl (C=O) groups excluding carboxylic acids is 1. The average molecular weight is 502 g/mol. The highest BCUT2D eigenvalue weighted by molar-refractivity contribution is 8.18. The molecule has 3 aromatic carbocycles. The average Bonchev–Trinajstić information content (AvgIpc) is 3.31. The van der Waals surface area contributed by atoms with E-state index in [1.54, 1.807) is 25.3 Å². The lowest BCUT2D eigenvalue weighted by Gasteiger charge is -2.09. The molecule has 1 saturated heterocycles. The number of aryl methyl sites for hydroxylation is 1. The Morgan fingerprint density at radius 2 is 1.91 bits per heavy atom. The molecule has 0 atom stereocenters. The standard InChI is InChI=1S/C28H24ClN3O2S/c1-17-7-6-8-19(13-17)16-32-18(2)22(21-9-4-5-10-24(21)32)15-26-27(33)31-28(35-26)30-23-14-20(29)11-12-25(23)34-3/h4-15H,16H2,1-3H3,(H,30,31,33)/b26-15-. The summed E-state index contributed by atoms with van der Waals surface area (Å²) >= 11 is 7.44. The third-order valence-corrected chi connectivity index (χ3v) is 7.14. The van der Waals surface area contributed by atoms with Crippen molar-refractivity contribution < 1.29 is 9.53 Å². The van der Waals surface area contributed by atoms with Crippen LogP contribution in [0.25, 0.3) is 17.0 Å². The number of hydrogen-bond acceptors (Lipinski definition) is 4. The SMILES string of the molecule is COc1ccc(Cl)cc1N=C1NC(=O)/C(=C/c2c(C)n(Cc3cccc(C)c3)c3ccccc23)S1. The number of amidine groups is 1. The summed E-state index contributed by atoms with van der Waals surface area (Å²) in [5.74, 6) is 0.411. The van der Waals surface area contributed by atoms with Gasteiger partial charge >= 0.3 is 0 Å². The minimum absolute atomic E-state index is 0.176. The Kier molecular flexibility index (Phi) is 6.41. The first kappa shape index (κ1) is 23.3. The Labute approximate surface area is 213 Å². The Hall–Kier alpha value is -3.48. The van der Waals surface area contributed by atoms with E-state index in [4.69, 9.17) is 16.3 Å². The van der Waals surface area contributed by atoms with Gasteiger partial charge in [0.25, 0.3) is 5.91 Å². The van der Waals surface area contributed by atoms with Crippen molar-refractivity contribution in [2.75, 3.05) is 7.11 Å². The van der Waals surface area contributed by atoms with E-state index in [2.05, 4.69) is 65.1 Å². The van der Waals surface area contributed by atoms with Gasteiger partial charge in [-0.3, -0.25) is 4.79 Å². The second-order valence-corrected chi connectivity index (χ2v) is 9.86. The Morgan fingerprint density at radius 3 is 2.71 bits per heavy atom. The van der Waals surface area contributed by atoms with E-state index in [0.717, 1.165) is 28.7 Å². The van der Waals surface area contributed by atoms with Crippen molar-refractivity contribution in [2.24, 2.45) is 4.99 Å². The van der Waals surface area contributed by atoms with Gasteiger partial charge in [0.15, 0.2) is 5.17 Å². The van der Waals surface area contributed by atoms with Crippen molar-refractivity contribution in [3.63, 3.8) is 0 Å². The normalized spacial score (nSPS) is 15.8. The van der Waals surface area contributed by atoms with E-state index in [9.17, 15) is 4.79 Å². The van der Waals surface area contributed by atoms with Gasteiger partial charge in [-0.05, 0) is 61.5 Å². The number of amides is 1. The summed E-state index contributed by atoms with van der Waals surface area (Å²) in [6.07, 6.45) is 1.96. The van der Waals surface area contributed by atoms with Crippen LogP contribution in [0, 0.1) is 13.8 Å². The summed E-state index contributed by atoms with van der Waals surface area (Å²) in [6.45, 7) is 4.97. The Bertz CT molecular complexity index is 1520. The third kappa shape index (κ3) is 4.72. The molecule has 35 heavy (non-hydrogen) atoms. The van der Waals surface area contributed by atoms with Crippen molar-refractivity contribution in [3.05, 3.63) is 99.0 Å². The second kappa shape index (κ2) is 9.64. The van der Waals surface area contributed by atoms with Crippen LogP contribution in [0.5, 0.6) is 5.75 Å². The molecule has 1 fully saturated rings. The van der Waals surface area contributed by atoms with Crippen LogP contribution in [-0.2, 0) is 11.3 Å². The minimum Gasteiger partial charge on any atom is -0.494 e. The van der Waals surface area contributed by atoms with Crippen LogP contribution in [-0.4, -0.2) is 22.8 Å². The van der Waals surface area contributed by atoms with Gasteiger partial charge in [0.1, 0.15) is 11.4 Å². The van der Waals surface area contributed by atoms with Crippen molar-refractivity contribution in [3.8, 4) is 5.75 Å². The topological polar surface area (TPSA) is 55.6 Å². The smallest absolute Gasteiger partial charge is 0.264 e. The monoisotopic (exact) mass is 501 g/mol. The molecule has 176 valence electrons. The molecule has 0 bridgehead atoms. The maximum atomic E-state index is 12.8. The molecule has 0 spiro atoms. The van der Waals surface area contributed by atoms with Crippen LogP contribution in [0.1, 0.15) is 22.4 Å². The maximum absolute atomic E-state index is 12.8. The molecule has 1 aromatic heterocycles. The lowest BCUT2D eigenvalue weighted by molar-refractivity contribution is -0.115. The predicted octanol–water partition coefficient (Wildman–Crippen LogP) is 6.86. The first-order valence-corrected chi connectivity index (χ1v) is 12.4. The number of aromatic nitrogens is 1. The zero-order valence-corrected chi connectivity index (χ0v) is 21.2. The third-order valence-electron chi connectivity index (χ3n) is 5.99. The summed E-state index contributed by atoms with van der Waals surface area (Å²) in [5, 5.41) is 5.01. The van der Waals surface area contributed by atoms with Gasteiger partial charge in [-0.2, -0.15) is 0 Å². The lowest BCUT2D eigenvalue weighted by Crippen LogP contribution is -2.19. The van der Waals surface area contributed by atoms with Gasteiger partial charge in [-0.25, -0.2) is 4.99 Å². The van der Waals surface area contributed by atoms with Gasteiger partial charge in [0, 0.05) is 33.7 Å². The molecule has 1 aliphatic heterocycles. The largest absolute Gasteiger partial charge is 0.494 e. The lowest BCUT2D eigenvalue weighted by atomic mass is 10.1. The number of halogens is 1. The molecule has 7 heteroatoms. The number of hydrogen-bond donors (Lipinski definition) is 1. The number of nitrogens with one attached hydrogen (secondary N) is 1. The number of ether oxygens (including phenoxy) is 1. The number of para-hydroxylation sites is 1. The fraction of sp³-hybridized carbons (Fsp3) is 0.143. The van der Waals surface area contributed by atoms with Crippen LogP contribution in [0.2, 0.25) is 5.02 Å². The highest BCUT2D eigenvalue weighted by Gasteiger charge is 2.25. The number of methoxy groups -OCH3 is 1. The summed E-state index contributed by atoms with van der Waals surface area (Å²) in [6, 6.07) is 22.1. The Balaban J connectivity index is 1.52. The highest BCUT2D eigenvalue weighted by Crippen LogP contribution is 2.36. The maximum Gasteiger partial charge on any atom is 0.264 e. The van der Waals surface area contributed by atoms with E-state index >= 15 is 0 Å². The minimum atomic E-state index is -0.176. The molecule has 5 nitrogen and oxygen atoms in total. The summed E-state index contributed by atoms with van der Waals surface area (Å²) in [5.41, 5.74) is 6.32. The highest BCUT2D eigenvalue weighted by atomic mass is 35.5. The Morgan fingerprint density at radius 1 is 1.09 bits per heavy atom. The van der Waals surface area contributed by atoms with Gasteiger partial charge in [-0.15, -0.1) is 0 Å². The van der Waals surface area contributed by atoms with Gasteiger partial charge in [-0.1, -0.05) is 59.6 Å². The molecule has 5 rings (SSSR count). The van der Waals surface area contributed by atoms with E-state index in [-0.39, 0.29) is 5.91 Å². The van der Waals surface area contributed by atoms with Crippen molar-refractivity contribution in [1.29, 1.82) is 0 Å². The van der Waals surface area contributed by atoms with E-state index in [1.807, 2.05) is 18.2 Å². The molecule has 1 N–H and O–H groups in total. The van der Waals surface area contributed by atoms with Crippen molar-refractivity contribution in [1.82, 2.24) is 9.88 Å². The van der Waals surface area contributed by atoms with Gasteiger partial charge in [0.05, 0.1) is 12.0 Å². The molecular weight excluding hydrogens is 478 g/mol. The van der Waals surface area contributed by atoms with Crippen molar-refractivity contribution >= 4 is 57.1 Å². The van der Waals surface area contributed by atoms with Crippen LogP contribution < -0.4 is 10.1 Å². The fourth-order valence-electron chi connectivity index (χ4n) is 4.31. The van der Waals surface area contributed by atoms with E-state index in [1.165, 1.54) is 22.9 Å². The number of nitrogens with zero attached hydrogens (tertiary/aromatic N) is 2. The predicted molar refractivity (Wildman–Crippen MR) is 146 cm³/mol. The van der Waals surface area contributed by atoms with Crippen LogP contribution in [0.15, 0.2) is 76.6 Å². The zero-order chi connectivity index (χ0) is 24.5. The second-order valence-electron chi connectivity index (χ2n) is 8.39. The summed E-state index contributed by atoms with van der Waals surface area (Å²) < 4.78 is 7.68. The summed E-state index contributed by atoms with van der Waals surface area (Å²) in [7, 11) is 1.58. The number of rotatable bonds is 5. The van der Waals surface area contributed by atoms with Crippen LogP contribution in [0.4, 0.5) is 5.69 Å². The number of thioether (sulfide) groups is 1. The molecule has 0 saturated carbocycles. The molecule has 4 aromatic rings. The molecule has 0 radical (unpaired) electrons. The van der Waals surface area contributed by atoms with Gasteiger partial charge < -0.3 is 14.6 Å². The molecule has 2 heterocycles. The molecular formula is C28H24ClN3O2S.